The van der Waals surface area contributed by atoms with Crippen molar-refractivity contribution in [2.75, 3.05) is 4.72 Å². The molecule has 0 bridgehead atoms. The lowest BCUT2D eigenvalue weighted by molar-refractivity contribution is 0.0696. The molecule has 0 unspecified atom stereocenters. The van der Waals surface area contributed by atoms with Crippen molar-refractivity contribution >= 4 is 21.7 Å². The average Bonchev–Trinajstić information content (AvgIpc) is 3.03. The highest BCUT2D eigenvalue weighted by Gasteiger charge is 2.21. The molecule has 2 N–H and O–H groups in total. The first-order valence-electron chi connectivity index (χ1n) is 8.01. The van der Waals surface area contributed by atoms with Gasteiger partial charge in [-0.05, 0) is 61.4 Å². The van der Waals surface area contributed by atoms with E-state index in [0.29, 0.717) is 22.6 Å². The number of carboxylic acid groups (broad SMARTS) is 1. The van der Waals surface area contributed by atoms with Crippen LogP contribution in [0.25, 0.3) is 11.4 Å². The summed E-state index contributed by atoms with van der Waals surface area (Å²) in [7, 11) is -2.13. The number of aromatic carboxylic acids is 1. The second-order valence-corrected chi connectivity index (χ2v) is 7.82. The van der Waals surface area contributed by atoms with Crippen LogP contribution in [-0.4, -0.2) is 34.3 Å². The molecule has 0 amide bonds. The van der Waals surface area contributed by atoms with E-state index in [1.165, 1.54) is 12.1 Å². The molecule has 0 aliphatic carbocycles. The molecule has 2 aromatic carbocycles. The number of hydrogen-bond acceptors (Lipinski definition) is 5. The highest BCUT2D eigenvalue weighted by Crippen LogP contribution is 2.25. The second-order valence-electron chi connectivity index (χ2n) is 6.17. The van der Waals surface area contributed by atoms with Gasteiger partial charge in [-0.1, -0.05) is 0 Å². The molecular formula is C18H18N4O4S. The lowest BCUT2D eigenvalue weighted by Crippen LogP contribution is -2.16. The minimum atomic E-state index is -3.94. The first-order chi connectivity index (χ1) is 12.7. The third-order valence-electron chi connectivity index (χ3n) is 4.26. The molecule has 0 radical (unpaired) electrons. The number of hydrogen-bond donors (Lipinski definition) is 2. The Morgan fingerprint density at radius 2 is 1.81 bits per heavy atom. The topological polar surface area (TPSA) is 114 Å². The van der Waals surface area contributed by atoms with Crippen LogP contribution in [0.15, 0.2) is 47.6 Å². The molecule has 1 aromatic heterocycles. The summed E-state index contributed by atoms with van der Waals surface area (Å²) < 4.78 is 29.8. The van der Waals surface area contributed by atoms with Crippen LogP contribution in [0.5, 0.6) is 0 Å². The fourth-order valence-electron chi connectivity index (χ4n) is 2.67. The van der Waals surface area contributed by atoms with E-state index in [2.05, 4.69) is 14.9 Å². The van der Waals surface area contributed by atoms with Crippen LogP contribution in [-0.2, 0) is 17.1 Å². The van der Waals surface area contributed by atoms with Gasteiger partial charge >= 0.3 is 5.97 Å². The Morgan fingerprint density at radius 1 is 1.15 bits per heavy atom. The fourth-order valence-corrected chi connectivity index (χ4v) is 4.07. The average molecular weight is 386 g/mol. The molecular weight excluding hydrogens is 368 g/mol. The molecule has 27 heavy (non-hydrogen) atoms. The van der Waals surface area contributed by atoms with Crippen LogP contribution < -0.4 is 4.72 Å². The van der Waals surface area contributed by atoms with Gasteiger partial charge in [0.25, 0.3) is 10.0 Å². The summed E-state index contributed by atoms with van der Waals surface area (Å²) in [6.45, 7) is 3.32. The van der Waals surface area contributed by atoms with E-state index in [1.54, 1.807) is 49.0 Å². The predicted molar refractivity (Wildman–Crippen MR) is 100 cm³/mol. The largest absolute Gasteiger partial charge is 0.478 e. The Bertz CT molecular complexity index is 1120. The zero-order valence-electron chi connectivity index (χ0n) is 15.0. The SMILES string of the molecule is Cc1cc(C(=O)O)cc(S(=O)(=O)Nc2ccc(-c3nncn3C)cc2)c1C. The molecule has 140 valence electrons. The Hall–Kier alpha value is -3.20. The lowest BCUT2D eigenvalue weighted by Gasteiger charge is -2.13. The van der Waals surface area contributed by atoms with Crippen molar-refractivity contribution in [3.63, 3.8) is 0 Å². The van der Waals surface area contributed by atoms with Crippen molar-refractivity contribution in [2.24, 2.45) is 7.05 Å². The van der Waals surface area contributed by atoms with Gasteiger partial charge in [-0.25, -0.2) is 13.2 Å². The Balaban J connectivity index is 1.93. The van der Waals surface area contributed by atoms with Crippen molar-refractivity contribution in [3.05, 3.63) is 59.4 Å². The van der Waals surface area contributed by atoms with Gasteiger partial charge in [0.15, 0.2) is 5.82 Å². The summed E-state index contributed by atoms with van der Waals surface area (Å²) in [4.78, 5) is 11.2. The summed E-state index contributed by atoms with van der Waals surface area (Å²) >= 11 is 0. The Labute approximate surface area is 156 Å². The van der Waals surface area contributed by atoms with Crippen LogP contribution in [0.4, 0.5) is 5.69 Å². The molecule has 9 heteroatoms. The number of nitrogens with zero attached hydrogens (tertiary/aromatic N) is 3. The summed E-state index contributed by atoms with van der Waals surface area (Å²) in [5.74, 6) is -0.521. The lowest BCUT2D eigenvalue weighted by atomic mass is 10.1. The maximum Gasteiger partial charge on any atom is 0.335 e. The minimum Gasteiger partial charge on any atom is -0.478 e. The monoisotopic (exact) mass is 386 g/mol. The first kappa shape index (κ1) is 18.6. The van der Waals surface area contributed by atoms with E-state index in [-0.39, 0.29) is 10.5 Å². The number of benzene rings is 2. The summed E-state index contributed by atoms with van der Waals surface area (Å²) in [6.07, 6.45) is 1.58. The molecule has 8 nitrogen and oxygen atoms in total. The van der Waals surface area contributed by atoms with Crippen LogP contribution in [0.3, 0.4) is 0 Å². The summed E-state index contributed by atoms with van der Waals surface area (Å²) in [5.41, 5.74) is 2.17. The van der Waals surface area contributed by atoms with E-state index >= 15 is 0 Å². The number of aryl methyl sites for hydroxylation is 2. The van der Waals surface area contributed by atoms with Gasteiger partial charge in [0.1, 0.15) is 6.33 Å². The molecule has 3 rings (SSSR count). The van der Waals surface area contributed by atoms with Gasteiger partial charge in [0.05, 0.1) is 10.5 Å². The van der Waals surface area contributed by atoms with Gasteiger partial charge in [-0.2, -0.15) is 0 Å². The van der Waals surface area contributed by atoms with E-state index in [0.717, 1.165) is 5.56 Å². The molecule has 0 atom stereocenters. The van der Waals surface area contributed by atoms with E-state index in [9.17, 15) is 18.3 Å². The minimum absolute atomic E-state index is 0.0581. The molecule has 3 aromatic rings. The standard InChI is InChI=1S/C18H18N4O4S/c1-11-8-14(18(23)24)9-16(12(11)2)27(25,26)21-15-6-4-13(5-7-15)17-20-19-10-22(17)3/h4-10,21H,1-3H3,(H,23,24). The number of carbonyl (C=O) groups is 1. The number of anilines is 1. The van der Waals surface area contributed by atoms with Crippen LogP contribution in [0, 0.1) is 13.8 Å². The van der Waals surface area contributed by atoms with Crippen LogP contribution in [0.1, 0.15) is 21.5 Å². The molecule has 1 heterocycles. The molecule has 0 saturated heterocycles. The van der Waals surface area contributed by atoms with Crippen LogP contribution >= 0.6 is 0 Å². The van der Waals surface area contributed by atoms with Crippen molar-refractivity contribution in [1.82, 2.24) is 14.8 Å². The van der Waals surface area contributed by atoms with Crippen molar-refractivity contribution in [3.8, 4) is 11.4 Å². The van der Waals surface area contributed by atoms with Gasteiger partial charge in [0, 0.05) is 18.3 Å². The molecule has 0 spiro atoms. The third kappa shape index (κ3) is 3.68. The third-order valence-corrected chi connectivity index (χ3v) is 5.77. The van der Waals surface area contributed by atoms with Crippen molar-refractivity contribution < 1.29 is 18.3 Å². The summed E-state index contributed by atoms with van der Waals surface area (Å²) in [6, 6.07) is 9.31. The molecule has 0 saturated carbocycles. The number of aromatic nitrogens is 3. The Kier molecular flexibility index (Phi) is 4.71. The molecule has 0 aliphatic rings. The predicted octanol–water partition coefficient (Wildman–Crippen LogP) is 2.60. The highest BCUT2D eigenvalue weighted by molar-refractivity contribution is 7.92. The Morgan fingerprint density at radius 3 is 2.37 bits per heavy atom. The fraction of sp³-hybridized carbons (Fsp3) is 0.167. The number of nitrogens with one attached hydrogen (secondary N) is 1. The van der Waals surface area contributed by atoms with Gasteiger partial charge in [0.2, 0.25) is 0 Å². The number of rotatable bonds is 5. The maximum atomic E-state index is 12.8. The van der Waals surface area contributed by atoms with E-state index in [4.69, 9.17) is 0 Å². The highest BCUT2D eigenvalue weighted by atomic mass is 32.2. The van der Waals surface area contributed by atoms with Crippen molar-refractivity contribution in [1.29, 1.82) is 0 Å². The summed E-state index contributed by atoms with van der Waals surface area (Å²) in [5, 5.41) is 17.0. The quantitative estimate of drug-likeness (QED) is 0.697. The van der Waals surface area contributed by atoms with Gasteiger partial charge < -0.3 is 9.67 Å². The van der Waals surface area contributed by atoms with Crippen molar-refractivity contribution in [2.45, 2.75) is 18.7 Å². The smallest absolute Gasteiger partial charge is 0.335 e. The first-order valence-corrected chi connectivity index (χ1v) is 9.49. The van der Waals surface area contributed by atoms with E-state index < -0.39 is 16.0 Å². The van der Waals surface area contributed by atoms with E-state index in [1.807, 2.05) is 7.05 Å². The van der Waals surface area contributed by atoms with Gasteiger partial charge in [-0.15, -0.1) is 10.2 Å². The second kappa shape index (κ2) is 6.84. The number of sulfonamides is 1. The van der Waals surface area contributed by atoms with Crippen LogP contribution in [0.2, 0.25) is 0 Å². The number of carboxylic acids is 1. The zero-order valence-corrected chi connectivity index (χ0v) is 15.8. The normalized spacial score (nSPS) is 11.4. The maximum absolute atomic E-state index is 12.8. The molecule has 0 aliphatic heterocycles. The van der Waals surface area contributed by atoms with Gasteiger partial charge in [-0.3, -0.25) is 4.72 Å². The molecule has 0 fully saturated rings. The zero-order chi connectivity index (χ0) is 19.8.